The highest BCUT2D eigenvalue weighted by Crippen LogP contribution is 2.32. The fraction of sp³-hybridized carbons (Fsp3) is 0.818. The van der Waals surface area contributed by atoms with Gasteiger partial charge in [-0.25, -0.2) is 0 Å². The van der Waals surface area contributed by atoms with Crippen LogP contribution in [0.5, 0.6) is 0 Å². The second-order valence-corrected chi connectivity index (χ2v) is 7.80. The second kappa shape index (κ2) is 14.1. The molecule has 1 fully saturated rings. The van der Waals surface area contributed by atoms with Crippen LogP contribution in [0, 0.1) is 0 Å². The molecule has 0 aromatic rings. The molecule has 0 aromatic heterocycles. The van der Waals surface area contributed by atoms with Gasteiger partial charge in [0.05, 0.1) is 0 Å². The van der Waals surface area contributed by atoms with E-state index >= 15 is 0 Å². The average molecular weight is 461 g/mol. The van der Waals surface area contributed by atoms with E-state index < -0.39 is 60.5 Å². The van der Waals surface area contributed by atoms with Gasteiger partial charge in [-0.2, -0.15) is 0 Å². The first-order chi connectivity index (χ1) is 15.2. The van der Waals surface area contributed by atoms with Gasteiger partial charge in [-0.1, -0.05) is 27.7 Å². The summed E-state index contributed by atoms with van der Waals surface area (Å²) in [6.07, 6.45) is -7.44. The summed E-state index contributed by atoms with van der Waals surface area (Å²) < 4.78 is 21.5. The van der Waals surface area contributed by atoms with Crippen LogP contribution in [0.3, 0.4) is 0 Å². The first-order valence-corrected chi connectivity index (χ1v) is 11.3. The van der Waals surface area contributed by atoms with E-state index in [4.69, 9.17) is 18.9 Å². The third-order valence-corrected chi connectivity index (χ3v) is 4.88. The summed E-state index contributed by atoms with van der Waals surface area (Å²) in [5, 5.41) is 21.4. The molecule has 0 amide bonds. The summed E-state index contributed by atoms with van der Waals surface area (Å²) in [6.45, 7) is 7.02. The first-order valence-electron chi connectivity index (χ1n) is 11.3. The lowest BCUT2D eigenvalue weighted by atomic mass is 9.84. The highest BCUT2D eigenvalue weighted by molar-refractivity contribution is 5.72. The highest BCUT2D eigenvalue weighted by Gasteiger charge is 2.57. The van der Waals surface area contributed by atoms with Gasteiger partial charge in [0.15, 0.2) is 24.4 Å². The third kappa shape index (κ3) is 8.05. The van der Waals surface area contributed by atoms with E-state index in [1.54, 1.807) is 27.7 Å². The normalized spacial score (nSPS) is 27.3. The lowest BCUT2D eigenvalue weighted by molar-refractivity contribution is -0.253. The minimum atomic E-state index is -1.74. The fourth-order valence-electron chi connectivity index (χ4n) is 3.35. The maximum Gasteiger partial charge on any atom is 0.306 e. The van der Waals surface area contributed by atoms with Gasteiger partial charge in [-0.3, -0.25) is 19.2 Å². The molecule has 10 nitrogen and oxygen atoms in total. The number of aliphatic hydroxyl groups is 2. The Kier molecular flexibility index (Phi) is 12.2. The van der Waals surface area contributed by atoms with Crippen molar-refractivity contribution in [1.82, 2.24) is 0 Å². The van der Waals surface area contributed by atoms with Crippen molar-refractivity contribution >= 4 is 23.9 Å². The second-order valence-electron chi connectivity index (χ2n) is 7.80. The minimum absolute atomic E-state index is 0.0285. The molecule has 0 aliphatic heterocycles. The zero-order valence-corrected chi connectivity index (χ0v) is 19.3. The number of ether oxygens (including phenoxy) is 4. The molecule has 1 aliphatic carbocycles. The third-order valence-electron chi connectivity index (χ3n) is 4.88. The first kappa shape index (κ1) is 27.8. The van der Waals surface area contributed by atoms with Crippen LogP contribution in [0.2, 0.25) is 0 Å². The van der Waals surface area contributed by atoms with E-state index in [1.807, 2.05) is 0 Å². The van der Waals surface area contributed by atoms with Gasteiger partial charge in [0, 0.05) is 25.7 Å². The summed E-state index contributed by atoms with van der Waals surface area (Å²) >= 11 is 0. The molecule has 32 heavy (non-hydrogen) atoms. The zero-order valence-electron chi connectivity index (χ0n) is 19.3. The quantitative estimate of drug-likeness (QED) is 0.325. The number of hydrogen-bond acceptors (Lipinski definition) is 10. The molecular formula is C22H36O10. The van der Waals surface area contributed by atoms with Crippen molar-refractivity contribution in [2.45, 2.75) is 116 Å². The number of hydrogen-bond donors (Lipinski definition) is 2. The Morgan fingerprint density at radius 2 is 0.719 bits per heavy atom. The molecule has 0 unspecified atom stereocenters. The molecule has 184 valence electrons. The molecule has 0 radical (unpaired) electrons. The van der Waals surface area contributed by atoms with E-state index in [2.05, 4.69) is 0 Å². The molecule has 0 bridgehead atoms. The lowest BCUT2D eigenvalue weighted by Gasteiger charge is -2.45. The van der Waals surface area contributed by atoms with Crippen molar-refractivity contribution in [2.24, 2.45) is 0 Å². The lowest BCUT2D eigenvalue weighted by Crippen LogP contribution is -2.67. The van der Waals surface area contributed by atoms with Crippen LogP contribution in [0.4, 0.5) is 0 Å². The van der Waals surface area contributed by atoms with Crippen molar-refractivity contribution < 1.29 is 48.3 Å². The van der Waals surface area contributed by atoms with E-state index in [0.29, 0.717) is 25.7 Å². The van der Waals surface area contributed by atoms with Gasteiger partial charge in [-0.05, 0) is 25.7 Å². The van der Waals surface area contributed by atoms with E-state index in [1.165, 1.54) is 0 Å². The smallest absolute Gasteiger partial charge is 0.306 e. The van der Waals surface area contributed by atoms with Crippen LogP contribution in [-0.2, 0) is 38.1 Å². The molecule has 10 heteroatoms. The summed E-state index contributed by atoms with van der Waals surface area (Å²) in [5.41, 5.74) is 0. The Balaban J connectivity index is 3.36. The fourth-order valence-corrected chi connectivity index (χ4v) is 3.35. The van der Waals surface area contributed by atoms with Crippen molar-refractivity contribution in [3.8, 4) is 0 Å². The molecule has 6 atom stereocenters. The summed E-state index contributed by atoms with van der Waals surface area (Å²) in [7, 11) is 0. The predicted octanol–water partition coefficient (Wildman–Crippen LogP) is 1.57. The highest BCUT2D eigenvalue weighted by atomic mass is 16.6. The maximum atomic E-state index is 12.3. The van der Waals surface area contributed by atoms with Gasteiger partial charge >= 0.3 is 23.9 Å². The van der Waals surface area contributed by atoms with Crippen LogP contribution in [-0.4, -0.2) is 70.7 Å². The number of rotatable bonds is 12. The molecule has 1 aliphatic rings. The van der Waals surface area contributed by atoms with E-state index in [0.717, 1.165) is 0 Å². The molecule has 1 rings (SSSR count). The predicted molar refractivity (Wildman–Crippen MR) is 111 cm³/mol. The molecule has 1 saturated carbocycles. The Bertz CT molecular complexity index is 580. The average Bonchev–Trinajstić information content (AvgIpc) is 2.72. The molecule has 2 N–H and O–H groups in total. The van der Waals surface area contributed by atoms with Crippen molar-refractivity contribution in [2.75, 3.05) is 0 Å². The molecule has 0 heterocycles. The maximum absolute atomic E-state index is 12.3. The standard InChI is InChI=1S/C22H36O10/c1-5-9-13(23)29-19-17(27)18(28)20(30-14(24)10-6-2)22(32-16(26)12-8-4)21(19)31-15(25)11-7-3/h17-22,27-28H,5-12H2,1-4H3/t17-,18+,19-,20-,21+,22+/m1/s1. The summed E-state index contributed by atoms with van der Waals surface area (Å²) in [4.78, 5) is 48.9. The zero-order chi connectivity index (χ0) is 24.3. The van der Waals surface area contributed by atoms with Gasteiger partial charge < -0.3 is 29.2 Å². The topological polar surface area (TPSA) is 146 Å². The SMILES string of the molecule is CCCC(=O)O[C@@H]1[C@@H](OC(=O)CCC)[C@H](OC(=O)CCC)[C@@H](O)[C@@H](O)[C@H]1OC(=O)CCC. The minimum Gasteiger partial charge on any atom is -0.455 e. The van der Waals surface area contributed by atoms with Crippen LogP contribution >= 0.6 is 0 Å². The van der Waals surface area contributed by atoms with Crippen molar-refractivity contribution in [1.29, 1.82) is 0 Å². The summed E-state index contributed by atoms with van der Waals surface area (Å²) in [5.74, 6) is -2.71. The van der Waals surface area contributed by atoms with Gasteiger partial charge in [0.25, 0.3) is 0 Å². The van der Waals surface area contributed by atoms with E-state index in [-0.39, 0.29) is 25.7 Å². The van der Waals surface area contributed by atoms with E-state index in [9.17, 15) is 29.4 Å². The van der Waals surface area contributed by atoms with Crippen molar-refractivity contribution in [3.05, 3.63) is 0 Å². The monoisotopic (exact) mass is 460 g/mol. The van der Waals surface area contributed by atoms with Gasteiger partial charge in [0.2, 0.25) is 0 Å². The Hall–Kier alpha value is -2.20. The largest absolute Gasteiger partial charge is 0.455 e. The van der Waals surface area contributed by atoms with Crippen LogP contribution < -0.4 is 0 Å². The molecular weight excluding hydrogens is 424 g/mol. The number of aliphatic hydroxyl groups excluding tert-OH is 2. The van der Waals surface area contributed by atoms with Crippen LogP contribution in [0.25, 0.3) is 0 Å². The number of esters is 4. The van der Waals surface area contributed by atoms with Gasteiger partial charge in [-0.15, -0.1) is 0 Å². The molecule has 0 saturated heterocycles. The number of carbonyl (C=O) groups excluding carboxylic acids is 4. The van der Waals surface area contributed by atoms with Crippen LogP contribution in [0.1, 0.15) is 79.1 Å². The Labute approximate surface area is 188 Å². The Morgan fingerprint density at radius 1 is 0.500 bits per heavy atom. The Morgan fingerprint density at radius 3 is 0.938 bits per heavy atom. The van der Waals surface area contributed by atoms with Gasteiger partial charge in [0.1, 0.15) is 12.2 Å². The molecule has 0 aromatic carbocycles. The van der Waals surface area contributed by atoms with Crippen LogP contribution in [0.15, 0.2) is 0 Å². The van der Waals surface area contributed by atoms with Crippen molar-refractivity contribution in [3.63, 3.8) is 0 Å². The summed E-state index contributed by atoms with van der Waals surface area (Å²) in [6, 6.07) is 0. The molecule has 0 spiro atoms. The number of carbonyl (C=O) groups is 4.